The highest BCUT2D eigenvalue weighted by Gasteiger charge is 2.52. The second kappa shape index (κ2) is 11.3. The summed E-state index contributed by atoms with van der Waals surface area (Å²) in [4.78, 5) is 33.1. The van der Waals surface area contributed by atoms with Gasteiger partial charge in [0.15, 0.2) is 17.2 Å². The predicted molar refractivity (Wildman–Crippen MR) is 172 cm³/mol. The van der Waals surface area contributed by atoms with Gasteiger partial charge in [-0.25, -0.2) is 9.78 Å². The molecule has 4 saturated carbocycles. The normalized spacial score (nSPS) is 22.7. The molecule has 5 N–H and O–H groups in total. The van der Waals surface area contributed by atoms with Crippen LogP contribution >= 0.6 is 0 Å². The summed E-state index contributed by atoms with van der Waals surface area (Å²) in [5.74, 6) is 9.66. The van der Waals surface area contributed by atoms with Crippen LogP contribution in [0.15, 0.2) is 47.5 Å². The van der Waals surface area contributed by atoms with Crippen molar-refractivity contribution in [3.63, 3.8) is 0 Å². The minimum atomic E-state index is -1.51. The Labute approximate surface area is 265 Å². The maximum absolute atomic E-state index is 13.4. The zero-order chi connectivity index (χ0) is 32.2. The Hall–Kier alpha value is -5.24. The number of benzene rings is 2. The second-order valence-electron chi connectivity index (χ2n) is 12.9. The van der Waals surface area contributed by atoms with E-state index in [4.69, 9.17) is 25.7 Å². The lowest BCUT2D eigenvalue weighted by molar-refractivity contribution is -0.0413. The van der Waals surface area contributed by atoms with E-state index in [2.05, 4.69) is 26.4 Å². The van der Waals surface area contributed by atoms with Gasteiger partial charge in [-0.1, -0.05) is 11.8 Å². The molecule has 4 fully saturated rings. The fraction of sp³-hybridized carbons (Fsp3) is 0.371. The number of aromatic nitrogens is 3. The molecule has 46 heavy (non-hydrogen) atoms. The van der Waals surface area contributed by atoms with E-state index in [0.717, 1.165) is 30.3 Å². The van der Waals surface area contributed by atoms with Gasteiger partial charge >= 0.3 is 6.16 Å². The molecule has 11 heteroatoms. The summed E-state index contributed by atoms with van der Waals surface area (Å²) in [6, 6.07) is 9.17. The van der Waals surface area contributed by atoms with Gasteiger partial charge in [0.25, 0.3) is 0 Å². The minimum absolute atomic E-state index is 0.106. The van der Waals surface area contributed by atoms with Crippen LogP contribution in [0, 0.1) is 29.6 Å². The molecule has 4 aromatic rings. The van der Waals surface area contributed by atoms with Gasteiger partial charge in [0, 0.05) is 34.7 Å². The van der Waals surface area contributed by atoms with Crippen LogP contribution in [0.3, 0.4) is 0 Å². The van der Waals surface area contributed by atoms with Gasteiger partial charge in [0.2, 0.25) is 11.4 Å². The van der Waals surface area contributed by atoms with E-state index in [0.29, 0.717) is 63.6 Å². The number of fused-ring (bicyclic) bond motifs is 1. The van der Waals surface area contributed by atoms with E-state index < -0.39 is 11.6 Å². The molecule has 236 valence electrons. The average molecular weight is 622 g/mol. The lowest BCUT2D eigenvalue weighted by Gasteiger charge is -2.57. The number of anilines is 2. The van der Waals surface area contributed by atoms with Gasteiger partial charge in [-0.15, -0.1) is 0 Å². The highest BCUT2D eigenvalue weighted by Crippen LogP contribution is 2.59. The molecule has 8 rings (SSSR count). The molecular formula is C35H35N5O6. The molecule has 4 bridgehead atoms. The van der Waals surface area contributed by atoms with Crippen molar-refractivity contribution in [2.75, 3.05) is 25.7 Å². The summed E-state index contributed by atoms with van der Waals surface area (Å²) < 4.78 is 18.5. The van der Waals surface area contributed by atoms with Gasteiger partial charge in [0.05, 0.1) is 31.5 Å². The smallest absolute Gasteiger partial charge is 0.493 e. The zero-order valence-electron chi connectivity index (χ0n) is 25.7. The van der Waals surface area contributed by atoms with Crippen LogP contribution < -0.4 is 31.1 Å². The highest BCUT2D eigenvalue weighted by molar-refractivity contribution is 5.83. The average Bonchev–Trinajstić information content (AvgIpc) is 3.01. The van der Waals surface area contributed by atoms with Crippen LogP contribution in [0.1, 0.15) is 60.8 Å². The first-order chi connectivity index (χ1) is 22.1. The first-order valence-corrected chi connectivity index (χ1v) is 15.4. The minimum Gasteiger partial charge on any atom is -0.493 e. The molecule has 0 atom stereocenters. The Kier molecular flexibility index (Phi) is 7.23. The summed E-state index contributed by atoms with van der Waals surface area (Å²) in [7, 11) is 3.13. The van der Waals surface area contributed by atoms with E-state index in [9.17, 15) is 14.7 Å². The molecule has 0 saturated heterocycles. The Morgan fingerprint density at radius 1 is 1.02 bits per heavy atom. The summed E-state index contributed by atoms with van der Waals surface area (Å²) >= 11 is 0. The summed E-state index contributed by atoms with van der Waals surface area (Å²) in [5.41, 5.74) is 14.7. The van der Waals surface area contributed by atoms with Crippen molar-refractivity contribution in [2.24, 2.45) is 17.8 Å². The lowest BCUT2D eigenvalue weighted by atomic mass is 9.53. The van der Waals surface area contributed by atoms with Crippen molar-refractivity contribution in [2.45, 2.75) is 50.5 Å². The third-order valence-corrected chi connectivity index (χ3v) is 9.88. The number of nitrogen functional groups attached to an aromatic ring is 2. The van der Waals surface area contributed by atoms with Crippen LogP contribution in [0.2, 0.25) is 0 Å². The molecule has 11 nitrogen and oxygen atoms in total. The van der Waals surface area contributed by atoms with Crippen LogP contribution in [0.4, 0.5) is 16.6 Å². The zero-order valence-corrected chi connectivity index (χ0v) is 25.7. The number of carboxylic acid groups (broad SMARTS) is 1. The van der Waals surface area contributed by atoms with Crippen molar-refractivity contribution in [1.82, 2.24) is 14.5 Å². The highest BCUT2D eigenvalue weighted by atomic mass is 16.7. The summed E-state index contributed by atoms with van der Waals surface area (Å²) in [6.07, 6.45) is 8.90. The third-order valence-electron chi connectivity index (χ3n) is 9.88. The molecule has 0 unspecified atom stereocenters. The van der Waals surface area contributed by atoms with E-state index in [1.165, 1.54) is 19.3 Å². The quantitative estimate of drug-likeness (QED) is 0.198. The van der Waals surface area contributed by atoms with Crippen molar-refractivity contribution in [1.29, 1.82) is 0 Å². The fourth-order valence-corrected chi connectivity index (χ4v) is 8.44. The molecule has 0 spiro atoms. The number of rotatable bonds is 6. The number of nitrogens with two attached hydrogens (primary N) is 2. The molecule has 0 aliphatic heterocycles. The number of hydrogen-bond acceptors (Lipinski definition) is 9. The Morgan fingerprint density at radius 3 is 2.37 bits per heavy atom. The summed E-state index contributed by atoms with van der Waals surface area (Å²) in [5, 5.41) is 9.80. The van der Waals surface area contributed by atoms with Crippen molar-refractivity contribution >= 4 is 28.8 Å². The number of hydrogen-bond donors (Lipinski definition) is 3. The molecular weight excluding hydrogens is 586 g/mol. The molecule has 2 aromatic heterocycles. The molecule has 4 aliphatic rings. The van der Waals surface area contributed by atoms with Gasteiger partial charge in [-0.05, 0) is 92.2 Å². The van der Waals surface area contributed by atoms with E-state index in [1.54, 1.807) is 38.7 Å². The van der Waals surface area contributed by atoms with Crippen molar-refractivity contribution < 1.29 is 24.1 Å². The van der Waals surface area contributed by atoms with E-state index in [1.807, 2.05) is 18.2 Å². The van der Waals surface area contributed by atoms with E-state index in [-0.39, 0.29) is 17.2 Å². The standard InChI is InChI=1S/C35H35N5O6/c1-44-28-13-20(11-25-17-38-33(37)39-32(25)36)10-24(31(28)45-2)5-3-19-4-6-26-27(12-19)40(18-29(30(26)41)46-34(42)43)35-14-21-7-22(15-35)9-23(8-21)16-35/h4,6,10,12-13,17-18,21-23H,7-9,11,14-16H2,1-2H3,(H,42,43)(H4,36,37,38,39). The Bertz CT molecular complexity index is 1970. The SMILES string of the molecule is COc1cc(Cc2cnc(N)nc2N)cc(C#Cc2ccc3c(=O)c(OC(=O)O)cn(C45CC6CC(CC(C6)C4)C5)c3c2)c1OC. The van der Waals surface area contributed by atoms with Crippen molar-refractivity contribution in [3.8, 4) is 29.1 Å². The molecule has 2 heterocycles. The Balaban J connectivity index is 1.32. The summed E-state index contributed by atoms with van der Waals surface area (Å²) in [6.45, 7) is 0. The van der Waals surface area contributed by atoms with Gasteiger partial charge in [-0.2, -0.15) is 4.98 Å². The first-order valence-electron chi connectivity index (χ1n) is 15.4. The number of methoxy groups -OCH3 is 2. The second-order valence-corrected chi connectivity index (χ2v) is 12.9. The van der Waals surface area contributed by atoms with Crippen LogP contribution in [0.5, 0.6) is 17.2 Å². The first kappa shape index (κ1) is 29.5. The third kappa shape index (κ3) is 5.23. The monoisotopic (exact) mass is 621 g/mol. The number of ether oxygens (including phenoxy) is 3. The fourth-order valence-electron chi connectivity index (χ4n) is 8.44. The molecule has 0 amide bonds. The molecule has 4 aliphatic carbocycles. The molecule has 2 aromatic carbocycles. The number of carbonyl (C=O) groups is 1. The van der Waals surface area contributed by atoms with Crippen LogP contribution in [-0.4, -0.2) is 40.0 Å². The largest absolute Gasteiger partial charge is 0.511 e. The van der Waals surface area contributed by atoms with Gasteiger partial charge in [-0.3, -0.25) is 4.79 Å². The maximum atomic E-state index is 13.4. The van der Waals surface area contributed by atoms with Crippen LogP contribution in [-0.2, 0) is 12.0 Å². The van der Waals surface area contributed by atoms with E-state index >= 15 is 0 Å². The van der Waals surface area contributed by atoms with Crippen molar-refractivity contribution in [3.05, 3.63) is 75.2 Å². The molecule has 0 radical (unpaired) electrons. The lowest BCUT2D eigenvalue weighted by Crippen LogP contribution is -2.52. The maximum Gasteiger partial charge on any atom is 0.511 e. The topological polar surface area (TPSA) is 165 Å². The predicted octanol–water partition coefficient (Wildman–Crippen LogP) is 4.95. The number of nitrogens with zero attached hydrogens (tertiary/aromatic N) is 3. The van der Waals surface area contributed by atoms with Gasteiger partial charge < -0.3 is 35.4 Å². The number of pyridine rings is 1. The van der Waals surface area contributed by atoms with Crippen LogP contribution in [0.25, 0.3) is 10.9 Å². The Morgan fingerprint density at radius 2 is 1.74 bits per heavy atom. The van der Waals surface area contributed by atoms with Gasteiger partial charge in [0.1, 0.15) is 5.82 Å².